The number of aliphatic hydroxyl groups excluding tert-OH is 1. The lowest BCUT2D eigenvalue weighted by Crippen LogP contribution is -2.66. The third-order valence-electron chi connectivity index (χ3n) is 5.54. The Morgan fingerprint density at radius 3 is 2.14 bits per heavy atom. The van der Waals surface area contributed by atoms with Gasteiger partial charge in [0.15, 0.2) is 0 Å². The molecule has 0 aromatic heterocycles. The lowest BCUT2D eigenvalue weighted by molar-refractivity contribution is -0.246. The molecule has 0 aromatic carbocycles. The van der Waals surface area contributed by atoms with Gasteiger partial charge in [-0.15, -0.1) is 0 Å². The maximum absolute atomic E-state index is 10.4. The third-order valence-corrected chi connectivity index (χ3v) is 5.54. The van der Waals surface area contributed by atoms with Crippen molar-refractivity contribution in [2.75, 3.05) is 0 Å². The Morgan fingerprint density at radius 1 is 1.21 bits per heavy atom. The molecule has 0 radical (unpaired) electrons. The second-order valence-corrected chi connectivity index (χ2v) is 6.01. The van der Waals surface area contributed by atoms with E-state index in [-0.39, 0.29) is 16.9 Å². The van der Waals surface area contributed by atoms with Crippen LogP contribution in [0.5, 0.6) is 0 Å². The molecule has 2 saturated carbocycles. The van der Waals surface area contributed by atoms with Crippen LogP contribution >= 0.6 is 0 Å². The van der Waals surface area contributed by atoms with Crippen molar-refractivity contribution >= 4 is 0 Å². The molecule has 0 spiro atoms. The molecule has 4 atom stereocenters. The van der Waals surface area contributed by atoms with Crippen LogP contribution in [0.25, 0.3) is 0 Å². The van der Waals surface area contributed by atoms with Gasteiger partial charge in [-0.25, -0.2) is 0 Å². The molecule has 0 saturated heterocycles. The fourth-order valence-electron chi connectivity index (χ4n) is 4.07. The molecule has 2 heteroatoms. The summed E-state index contributed by atoms with van der Waals surface area (Å²) in [6, 6.07) is 0. The van der Waals surface area contributed by atoms with Crippen molar-refractivity contribution in [3.63, 3.8) is 0 Å². The lowest BCUT2D eigenvalue weighted by atomic mass is 9.43. The molecule has 2 nitrogen and oxygen atoms in total. The highest BCUT2D eigenvalue weighted by Crippen LogP contribution is 2.72. The highest BCUT2D eigenvalue weighted by Gasteiger charge is 2.73. The van der Waals surface area contributed by atoms with Crippen molar-refractivity contribution in [1.29, 1.82) is 0 Å². The van der Waals surface area contributed by atoms with E-state index in [1.165, 1.54) is 0 Å². The predicted molar refractivity (Wildman–Crippen MR) is 55.9 cm³/mol. The summed E-state index contributed by atoms with van der Waals surface area (Å²) < 4.78 is 0. The second-order valence-electron chi connectivity index (χ2n) is 6.01. The van der Waals surface area contributed by atoms with E-state index in [0.717, 1.165) is 19.3 Å². The van der Waals surface area contributed by atoms with Gasteiger partial charge in [-0.2, -0.15) is 0 Å². The number of aliphatic hydroxyl groups is 2. The normalized spacial score (nSPS) is 57.2. The molecule has 3 unspecified atom stereocenters. The Labute approximate surface area is 86.3 Å². The van der Waals surface area contributed by atoms with Crippen LogP contribution in [-0.4, -0.2) is 21.9 Å². The Hall–Kier alpha value is -0.0800. The molecule has 0 aliphatic heterocycles. The van der Waals surface area contributed by atoms with Crippen molar-refractivity contribution in [2.45, 2.75) is 58.7 Å². The zero-order valence-corrected chi connectivity index (χ0v) is 9.67. The SMILES string of the molecule is CC(C)C12CCC(C)(O)C1(C)[C@H](O)C2. The topological polar surface area (TPSA) is 40.5 Å². The number of rotatable bonds is 1. The largest absolute Gasteiger partial charge is 0.392 e. The standard InChI is InChI=1S/C12H22O2/c1-8(2)12-6-5-10(3,14)11(12,4)9(13)7-12/h8-9,13-14H,5-7H2,1-4H3/t9-,10?,11?,12?/m1/s1. The van der Waals surface area contributed by atoms with E-state index in [4.69, 9.17) is 0 Å². The number of hydrogen-bond acceptors (Lipinski definition) is 2. The van der Waals surface area contributed by atoms with Crippen molar-refractivity contribution in [3.05, 3.63) is 0 Å². The molecule has 14 heavy (non-hydrogen) atoms. The zero-order valence-electron chi connectivity index (χ0n) is 9.67. The second kappa shape index (κ2) is 2.53. The summed E-state index contributed by atoms with van der Waals surface area (Å²) in [6.45, 7) is 8.38. The van der Waals surface area contributed by atoms with Gasteiger partial charge in [0.1, 0.15) is 0 Å². The minimum absolute atomic E-state index is 0.177. The molecule has 2 aliphatic carbocycles. The highest BCUT2D eigenvalue weighted by molar-refractivity contribution is 5.22. The van der Waals surface area contributed by atoms with Crippen molar-refractivity contribution in [3.8, 4) is 0 Å². The smallest absolute Gasteiger partial charge is 0.0703 e. The maximum atomic E-state index is 10.4. The van der Waals surface area contributed by atoms with E-state index < -0.39 is 5.60 Å². The van der Waals surface area contributed by atoms with E-state index in [2.05, 4.69) is 20.8 Å². The maximum Gasteiger partial charge on any atom is 0.0703 e. The van der Waals surface area contributed by atoms with Crippen LogP contribution in [-0.2, 0) is 0 Å². The fraction of sp³-hybridized carbons (Fsp3) is 1.00. The van der Waals surface area contributed by atoms with E-state index in [9.17, 15) is 10.2 Å². The van der Waals surface area contributed by atoms with Crippen LogP contribution in [0.2, 0.25) is 0 Å². The molecule has 0 bridgehead atoms. The van der Waals surface area contributed by atoms with Crippen molar-refractivity contribution in [1.82, 2.24) is 0 Å². The van der Waals surface area contributed by atoms with E-state index in [1.54, 1.807) is 0 Å². The Kier molecular flexibility index (Phi) is 1.89. The minimum Gasteiger partial charge on any atom is -0.392 e. The third kappa shape index (κ3) is 0.809. The minimum atomic E-state index is -0.686. The summed E-state index contributed by atoms with van der Waals surface area (Å²) in [6.07, 6.45) is 2.45. The van der Waals surface area contributed by atoms with Gasteiger partial charge in [-0.3, -0.25) is 0 Å². The molecule has 0 heterocycles. The monoisotopic (exact) mass is 198 g/mol. The molecule has 2 N–H and O–H groups in total. The van der Waals surface area contributed by atoms with Crippen LogP contribution in [0.15, 0.2) is 0 Å². The van der Waals surface area contributed by atoms with Gasteiger partial charge in [0.2, 0.25) is 0 Å². The van der Waals surface area contributed by atoms with Gasteiger partial charge in [0, 0.05) is 5.41 Å². The number of fused-ring (bicyclic) bond motifs is 1. The first kappa shape index (κ1) is 10.4. The first-order valence-corrected chi connectivity index (χ1v) is 5.68. The average Bonchev–Trinajstić information content (AvgIpc) is 2.23. The molecular weight excluding hydrogens is 176 g/mol. The van der Waals surface area contributed by atoms with Crippen LogP contribution in [0, 0.1) is 16.7 Å². The Bertz CT molecular complexity index is 259. The average molecular weight is 198 g/mol. The van der Waals surface area contributed by atoms with Crippen molar-refractivity contribution < 1.29 is 10.2 Å². The first-order chi connectivity index (χ1) is 6.28. The summed E-state index contributed by atoms with van der Waals surface area (Å²) in [5.74, 6) is 0.546. The van der Waals surface area contributed by atoms with E-state index in [1.807, 2.05) is 6.92 Å². The van der Waals surface area contributed by atoms with E-state index in [0.29, 0.717) is 5.92 Å². The van der Waals surface area contributed by atoms with E-state index >= 15 is 0 Å². The lowest BCUT2D eigenvalue weighted by Gasteiger charge is -2.63. The Morgan fingerprint density at radius 2 is 1.79 bits per heavy atom. The summed E-state index contributed by atoms with van der Waals surface area (Å²) in [5, 5.41) is 20.3. The highest BCUT2D eigenvalue weighted by atomic mass is 16.3. The quantitative estimate of drug-likeness (QED) is 0.676. The molecule has 82 valence electrons. The van der Waals surface area contributed by atoms with Crippen LogP contribution < -0.4 is 0 Å². The Balaban J connectivity index is 2.42. The molecule has 0 amide bonds. The number of hydrogen-bond donors (Lipinski definition) is 2. The summed E-state index contributed by atoms with van der Waals surface area (Å²) in [4.78, 5) is 0. The fourth-order valence-corrected chi connectivity index (χ4v) is 4.07. The van der Waals surface area contributed by atoms with Crippen molar-refractivity contribution in [2.24, 2.45) is 16.7 Å². The van der Waals surface area contributed by atoms with Gasteiger partial charge in [0.05, 0.1) is 11.7 Å². The van der Waals surface area contributed by atoms with Crippen LogP contribution in [0.4, 0.5) is 0 Å². The molecule has 2 rings (SSSR count). The summed E-state index contributed by atoms with van der Waals surface area (Å²) >= 11 is 0. The molecule has 2 aliphatic rings. The van der Waals surface area contributed by atoms with Gasteiger partial charge in [0.25, 0.3) is 0 Å². The first-order valence-electron chi connectivity index (χ1n) is 5.68. The predicted octanol–water partition coefficient (Wildman–Crippen LogP) is 1.94. The van der Waals surface area contributed by atoms with Gasteiger partial charge in [-0.1, -0.05) is 20.8 Å². The van der Waals surface area contributed by atoms with Gasteiger partial charge >= 0.3 is 0 Å². The zero-order chi connectivity index (χ0) is 10.8. The van der Waals surface area contributed by atoms with Gasteiger partial charge in [-0.05, 0) is 37.5 Å². The summed E-state index contributed by atoms with van der Waals surface area (Å²) in [7, 11) is 0. The van der Waals surface area contributed by atoms with Crippen LogP contribution in [0.1, 0.15) is 47.0 Å². The molecule has 0 aromatic rings. The summed E-state index contributed by atoms with van der Waals surface area (Å²) in [5.41, 5.74) is -0.793. The van der Waals surface area contributed by atoms with Crippen LogP contribution in [0.3, 0.4) is 0 Å². The molecule has 2 fully saturated rings. The van der Waals surface area contributed by atoms with Gasteiger partial charge < -0.3 is 10.2 Å². The molecular formula is C12H22O2.